The van der Waals surface area contributed by atoms with Crippen LogP contribution in [0, 0.1) is 10.1 Å². The summed E-state index contributed by atoms with van der Waals surface area (Å²) in [6.07, 6.45) is 0.994. The largest absolute Gasteiger partial charge is 0.382 e. The average molecular weight is 295 g/mol. The summed E-state index contributed by atoms with van der Waals surface area (Å²) in [5.41, 5.74) is 10.6. The topological polar surface area (TPSA) is 155 Å². The number of non-ortho nitro benzene ring substituents is 1. The Kier molecular flexibility index (Phi) is 3.24. The number of hydrogen-bond acceptors (Lipinski definition) is 8. The lowest BCUT2D eigenvalue weighted by molar-refractivity contribution is -0.384. The number of rotatable bonds is 3. The molecule has 0 saturated carbocycles. The monoisotopic (exact) mass is 295 g/mol. The average Bonchev–Trinajstić information content (AvgIpc) is 2.38. The van der Waals surface area contributed by atoms with E-state index in [4.69, 9.17) is 11.5 Å². The van der Waals surface area contributed by atoms with Crippen molar-refractivity contribution in [3.8, 4) is 0 Å². The third-order valence-electron chi connectivity index (χ3n) is 2.45. The summed E-state index contributed by atoms with van der Waals surface area (Å²) in [4.78, 5) is 16.6. The first-order valence-corrected chi connectivity index (χ1v) is 6.68. The van der Waals surface area contributed by atoms with Gasteiger partial charge in [0.1, 0.15) is 10.7 Å². The molecule has 1 heterocycles. The van der Waals surface area contributed by atoms with Gasteiger partial charge in [-0.05, 0) is 12.1 Å². The molecule has 0 aliphatic rings. The van der Waals surface area contributed by atoms with Crippen LogP contribution in [0.4, 0.5) is 17.5 Å². The Labute approximate surface area is 113 Å². The van der Waals surface area contributed by atoms with Crippen LogP contribution in [0.3, 0.4) is 0 Å². The van der Waals surface area contributed by atoms with Crippen LogP contribution < -0.4 is 11.5 Å². The molecule has 2 aromatic rings. The van der Waals surface area contributed by atoms with Gasteiger partial charge in [-0.2, -0.15) is 4.98 Å². The Hall–Kier alpha value is -2.75. The van der Waals surface area contributed by atoms with Gasteiger partial charge in [-0.3, -0.25) is 10.1 Å². The van der Waals surface area contributed by atoms with Crippen molar-refractivity contribution in [2.75, 3.05) is 11.5 Å². The quantitative estimate of drug-likeness (QED) is 0.608. The van der Waals surface area contributed by atoms with E-state index in [2.05, 4.69) is 9.97 Å². The van der Waals surface area contributed by atoms with Crippen LogP contribution in [-0.4, -0.2) is 23.3 Å². The third kappa shape index (κ3) is 2.36. The van der Waals surface area contributed by atoms with E-state index >= 15 is 0 Å². The summed E-state index contributed by atoms with van der Waals surface area (Å²) in [5.74, 6) is -0.430. The maximum Gasteiger partial charge on any atom is 0.269 e. The van der Waals surface area contributed by atoms with Crippen LogP contribution in [0.2, 0.25) is 0 Å². The predicted octanol–water partition coefficient (Wildman–Crippen LogP) is 0.382. The molecule has 0 saturated heterocycles. The van der Waals surface area contributed by atoms with Gasteiger partial charge in [0.25, 0.3) is 5.69 Å². The Morgan fingerprint density at radius 2 is 1.75 bits per heavy atom. The smallest absolute Gasteiger partial charge is 0.269 e. The molecule has 0 unspecified atom stereocenters. The van der Waals surface area contributed by atoms with Gasteiger partial charge in [-0.1, -0.05) is 0 Å². The van der Waals surface area contributed by atoms with Gasteiger partial charge in [0.05, 0.1) is 16.0 Å². The second-order valence-electron chi connectivity index (χ2n) is 3.73. The van der Waals surface area contributed by atoms with E-state index in [0.29, 0.717) is 0 Å². The second-order valence-corrected chi connectivity index (χ2v) is 5.65. The molecular weight excluding hydrogens is 286 g/mol. The standard InChI is InChI=1S/C10H9N5O4S/c11-9-8(5-13-10(12)14-9)20(18,19)7-3-1-6(2-4-7)15(16)17/h1-5H,(H4,11,12,13,14). The second kappa shape index (κ2) is 4.74. The molecule has 20 heavy (non-hydrogen) atoms. The van der Waals surface area contributed by atoms with E-state index in [-0.39, 0.29) is 27.2 Å². The summed E-state index contributed by atoms with van der Waals surface area (Å²) in [6, 6.07) is 4.40. The Morgan fingerprint density at radius 3 is 2.25 bits per heavy atom. The molecule has 1 aromatic heterocycles. The molecule has 0 bridgehead atoms. The molecule has 0 amide bonds. The molecule has 9 nitrogen and oxygen atoms in total. The number of nitro benzene ring substituents is 1. The van der Waals surface area contributed by atoms with E-state index in [1.807, 2.05) is 0 Å². The SMILES string of the molecule is Nc1ncc(S(=O)(=O)c2ccc([N+](=O)[O-])cc2)c(N)n1. The number of anilines is 2. The number of nitrogens with zero attached hydrogens (tertiary/aromatic N) is 3. The normalized spacial score (nSPS) is 11.2. The fourth-order valence-corrected chi connectivity index (χ4v) is 2.74. The van der Waals surface area contributed by atoms with Crippen LogP contribution in [0.25, 0.3) is 0 Å². The zero-order valence-electron chi connectivity index (χ0n) is 9.92. The Bertz CT molecular complexity index is 773. The van der Waals surface area contributed by atoms with E-state index in [0.717, 1.165) is 30.5 Å². The van der Waals surface area contributed by atoms with E-state index < -0.39 is 14.8 Å². The van der Waals surface area contributed by atoms with Gasteiger partial charge in [0.15, 0.2) is 0 Å². The molecule has 0 aliphatic carbocycles. The zero-order valence-corrected chi connectivity index (χ0v) is 10.7. The molecule has 0 atom stereocenters. The highest BCUT2D eigenvalue weighted by Gasteiger charge is 2.23. The third-order valence-corrected chi connectivity index (χ3v) is 4.24. The summed E-state index contributed by atoms with van der Waals surface area (Å²) >= 11 is 0. The highest BCUT2D eigenvalue weighted by Crippen LogP contribution is 2.25. The number of benzene rings is 1. The Balaban J connectivity index is 2.52. The molecule has 2 rings (SSSR count). The number of nitro groups is 1. The lowest BCUT2D eigenvalue weighted by Gasteiger charge is -2.06. The number of hydrogen-bond donors (Lipinski definition) is 2. The van der Waals surface area contributed by atoms with Gasteiger partial charge in [0, 0.05) is 12.1 Å². The lowest BCUT2D eigenvalue weighted by atomic mass is 10.3. The van der Waals surface area contributed by atoms with Crippen molar-refractivity contribution in [2.45, 2.75) is 9.79 Å². The van der Waals surface area contributed by atoms with E-state index in [1.54, 1.807) is 0 Å². The molecule has 0 aliphatic heterocycles. The Morgan fingerprint density at radius 1 is 1.15 bits per heavy atom. The van der Waals surface area contributed by atoms with Gasteiger partial charge in [0.2, 0.25) is 15.8 Å². The number of aromatic nitrogens is 2. The first kappa shape index (κ1) is 13.7. The summed E-state index contributed by atoms with van der Waals surface area (Å²) in [6.45, 7) is 0. The molecule has 0 radical (unpaired) electrons. The highest BCUT2D eigenvalue weighted by atomic mass is 32.2. The van der Waals surface area contributed by atoms with E-state index in [9.17, 15) is 18.5 Å². The fraction of sp³-hybridized carbons (Fsp3) is 0. The van der Waals surface area contributed by atoms with Crippen molar-refractivity contribution in [3.05, 3.63) is 40.6 Å². The molecule has 4 N–H and O–H groups in total. The van der Waals surface area contributed by atoms with E-state index in [1.165, 1.54) is 0 Å². The molecule has 0 fully saturated rings. The molecule has 104 valence electrons. The van der Waals surface area contributed by atoms with Crippen molar-refractivity contribution < 1.29 is 13.3 Å². The first-order valence-electron chi connectivity index (χ1n) is 5.20. The van der Waals surface area contributed by atoms with Crippen LogP contribution in [0.1, 0.15) is 0 Å². The van der Waals surface area contributed by atoms with Crippen LogP contribution >= 0.6 is 0 Å². The van der Waals surface area contributed by atoms with Crippen molar-refractivity contribution in [1.82, 2.24) is 9.97 Å². The van der Waals surface area contributed by atoms with Gasteiger partial charge in [-0.25, -0.2) is 13.4 Å². The minimum atomic E-state index is -3.96. The maximum absolute atomic E-state index is 12.3. The minimum Gasteiger partial charge on any atom is -0.382 e. The van der Waals surface area contributed by atoms with Crippen molar-refractivity contribution in [3.63, 3.8) is 0 Å². The summed E-state index contributed by atoms with van der Waals surface area (Å²) in [7, 11) is -3.96. The fourth-order valence-electron chi connectivity index (χ4n) is 1.48. The lowest BCUT2D eigenvalue weighted by Crippen LogP contribution is -2.09. The van der Waals surface area contributed by atoms with Crippen LogP contribution in [-0.2, 0) is 9.84 Å². The zero-order chi connectivity index (χ0) is 14.9. The van der Waals surface area contributed by atoms with Crippen molar-refractivity contribution in [1.29, 1.82) is 0 Å². The van der Waals surface area contributed by atoms with Crippen molar-refractivity contribution >= 4 is 27.3 Å². The highest BCUT2D eigenvalue weighted by molar-refractivity contribution is 7.91. The van der Waals surface area contributed by atoms with Gasteiger partial charge >= 0.3 is 0 Å². The van der Waals surface area contributed by atoms with Gasteiger partial charge < -0.3 is 11.5 Å². The van der Waals surface area contributed by atoms with Crippen LogP contribution in [0.15, 0.2) is 40.3 Å². The molecular formula is C10H9N5O4S. The van der Waals surface area contributed by atoms with Crippen molar-refractivity contribution in [2.24, 2.45) is 0 Å². The molecule has 10 heteroatoms. The number of nitrogens with two attached hydrogens (primary N) is 2. The molecule has 0 spiro atoms. The molecule has 1 aromatic carbocycles. The van der Waals surface area contributed by atoms with Gasteiger partial charge in [-0.15, -0.1) is 0 Å². The predicted molar refractivity (Wildman–Crippen MR) is 69.4 cm³/mol. The minimum absolute atomic E-state index is 0.148. The number of nitrogen functional groups attached to an aromatic ring is 2. The van der Waals surface area contributed by atoms with Crippen LogP contribution in [0.5, 0.6) is 0 Å². The number of sulfone groups is 1. The first-order chi connectivity index (χ1) is 9.32. The maximum atomic E-state index is 12.3. The summed E-state index contributed by atoms with van der Waals surface area (Å²) < 4.78 is 24.6. The summed E-state index contributed by atoms with van der Waals surface area (Å²) in [5, 5.41) is 10.5.